The minimum Gasteiger partial charge on any atom is -0.508 e. The Bertz CT molecular complexity index is 645. The number of hydrogen-bond donors (Lipinski definition) is 2. The summed E-state index contributed by atoms with van der Waals surface area (Å²) in [7, 11) is 1.55. The maximum Gasteiger partial charge on any atom is 0.120 e. The van der Waals surface area contributed by atoms with Crippen molar-refractivity contribution in [3.05, 3.63) is 47.0 Å². The number of nitrogens with zero attached hydrogens (tertiary/aromatic N) is 2. The predicted octanol–water partition coefficient (Wildman–Crippen LogP) is 4.99. The van der Waals surface area contributed by atoms with Crippen molar-refractivity contribution in [3.8, 4) is 11.5 Å². The molecule has 2 aromatic rings. The van der Waals surface area contributed by atoms with Gasteiger partial charge in [-0.15, -0.1) is 5.11 Å². The van der Waals surface area contributed by atoms with Gasteiger partial charge in [-0.25, -0.2) is 0 Å². The van der Waals surface area contributed by atoms with Crippen LogP contribution in [0.15, 0.2) is 46.6 Å². The van der Waals surface area contributed by atoms with E-state index in [1.807, 2.05) is 13.8 Å². The predicted molar refractivity (Wildman–Crippen MR) is 87.6 cm³/mol. The highest BCUT2D eigenvalue weighted by atomic mass is 35.5. The molecule has 0 atom stereocenters. The Morgan fingerprint density at radius 3 is 2.27 bits per heavy atom. The van der Waals surface area contributed by atoms with Gasteiger partial charge in [0.2, 0.25) is 0 Å². The third-order valence-electron chi connectivity index (χ3n) is 2.65. The van der Waals surface area contributed by atoms with Crippen LogP contribution in [0.4, 0.5) is 11.4 Å². The molecule has 0 unspecified atom stereocenters. The number of aromatic hydroxyl groups is 1. The second-order valence-electron chi connectivity index (χ2n) is 3.99. The molecule has 6 heteroatoms. The molecule has 0 heterocycles. The van der Waals surface area contributed by atoms with Crippen LogP contribution >= 0.6 is 11.6 Å². The second-order valence-corrected chi connectivity index (χ2v) is 4.40. The lowest BCUT2D eigenvalue weighted by molar-refractivity contribution is 0.281. The second kappa shape index (κ2) is 9.02. The van der Waals surface area contributed by atoms with Gasteiger partial charge in [-0.3, -0.25) is 0 Å². The fraction of sp³-hybridized carbons (Fsp3) is 0.250. The van der Waals surface area contributed by atoms with E-state index in [1.54, 1.807) is 31.4 Å². The third-order valence-corrected chi connectivity index (χ3v) is 2.96. The summed E-state index contributed by atoms with van der Waals surface area (Å²) in [6.45, 7) is 3.76. The van der Waals surface area contributed by atoms with Crippen LogP contribution < -0.4 is 4.74 Å². The van der Waals surface area contributed by atoms with E-state index < -0.39 is 0 Å². The van der Waals surface area contributed by atoms with E-state index in [0.29, 0.717) is 27.7 Å². The molecule has 2 aromatic carbocycles. The molecule has 0 saturated carbocycles. The number of halogens is 1. The van der Waals surface area contributed by atoms with Crippen LogP contribution in [0.2, 0.25) is 5.02 Å². The number of hydrogen-bond acceptors (Lipinski definition) is 5. The maximum absolute atomic E-state index is 9.34. The van der Waals surface area contributed by atoms with Crippen LogP contribution in [-0.2, 0) is 6.61 Å². The summed E-state index contributed by atoms with van der Waals surface area (Å²) in [4.78, 5) is 0. The number of methoxy groups -OCH3 is 1. The standard InChI is InChI=1S/C14H13ClN2O3.C2H6/c1-20-11-3-5-14(12(15)7-11)17-16-13-4-2-10(19)6-9(13)8-18;1-2/h2-7,18-19H,8H2,1H3;1-2H3. The molecule has 0 radical (unpaired) electrons. The molecule has 0 fully saturated rings. The van der Waals surface area contributed by atoms with Crippen LogP contribution in [0, 0.1) is 0 Å². The molecule has 0 spiro atoms. The van der Waals surface area contributed by atoms with Gasteiger partial charge in [0.1, 0.15) is 17.2 Å². The SMILES string of the molecule is CC.COc1ccc(N=Nc2ccc(O)cc2CO)c(Cl)c1. The average molecular weight is 323 g/mol. The summed E-state index contributed by atoms with van der Waals surface area (Å²) in [5, 5.41) is 27.0. The molecular formula is C16H19ClN2O3. The topological polar surface area (TPSA) is 74.4 Å². The molecule has 0 aliphatic rings. The molecule has 0 saturated heterocycles. The number of phenolic OH excluding ortho intramolecular Hbond substituents is 1. The molecule has 0 aromatic heterocycles. The van der Waals surface area contributed by atoms with Crippen molar-refractivity contribution in [2.75, 3.05) is 7.11 Å². The van der Waals surface area contributed by atoms with Crippen molar-refractivity contribution >= 4 is 23.0 Å². The van der Waals surface area contributed by atoms with Gasteiger partial charge >= 0.3 is 0 Å². The van der Waals surface area contributed by atoms with Gasteiger partial charge in [-0.2, -0.15) is 5.11 Å². The Labute approximate surface area is 134 Å². The maximum atomic E-state index is 9.34. The first-order valence-corrected chi connectivity index (χ1v) is 7.20. The molecule has 2 rings (SSSR count). The summed E-state index contributed by atoms with van der Waals surface area (Å²) in [6, 6.07) is 9.53. The Kier molecular flexibility index (Phi) is 7.36. The lowest BCUT2D eigenvalue weighted by Crippen LogP contribution is -1.83. The van der Waals surface area contributed by atoms with Crippen molar-refractivity contribution in [1.29, 1.82) is 0 Å². The van der Waals surface area contributed by atoms with Crippen molar-refractivity contribution in [2.45, 2.75) is 20.5 Å². The van der Waals surface area contributed by atoms with Crippen molar-refractivity contribution in [3.63, 3.8) is 0 Å². The Morgan fingerprint density at radius 1 is 1.05 bits per heavy atom. The molecule has 0 bridgehead atoms. The number of aliphatic hydroxyl groups excluding tert-OH is 1. The van der Waals surface area contributed by atoms with E-state index in [-0.39, 0.29) is 12.4 Å². The smallest absolute Gasteiger partial charge is 0.120 e. The molecule has 0 amide bonds. The van der Waals surface area contributed by atoms with Gasteiger partial charge in [0.25, 0.3) is 0 Å². The minimum atomic E-state index is -0.237. The molecule has 22 heavy (non-hydrogen) atoms. The van der Waals surface area contributed by atoms with E-state index in [4.69, 9.17) is 16.3 Å². The number of rotatable bonds is 4. The van der Waals surface area contributed by atoms with E-state index >= 15 is 0 Å². The monoisotopic (exact) mass is 322 g/mol. The zero-order valence-corrected chi connectivity index (χ0v) is 13.5. The van der Waals surface area contributed by atoms with Gasteiger partial charge in [-0.05, 0) is 30.3 Å². The van der Waals surface area contributed by atoms with Crippen LogP contribution in [0.25, 0.3) is 0 Å². The zero-order valence-electron chi connectivity index (χ0n) is 12.7. The van der Waals surface area contributed by atoms with Gasteiger partial charge in [0.05, 0.1) is 24.4 Å². The van der Waals surface area contributed by atoms with Crippen LogP contribution in [0.1, 0.15) is 19.4 Å². The van der Waals surface area contributed by atoms with Crippen LogP contribution in [0.5, 0.6) is 11.5 Å². The lowest BCUT2D eigenvalue weighted by atomic mass is 10.2. The van der Waals surface area contributed by atoms with Crippen LogP contribution in [-0.4, -0.2) is 17.3 Å². The number of azo groups is 1. The molecule has 5 nitrogen and oxygen atoms in total. The van der Waals surface area contributed by atoms with E-state index in [0.717, 1.165) is 0 Å². The number of phenols is 1. The summed E-state index contributed by atoms with van der Waals surface area (Å²) in [5.74, 6) is 0.699. The molecular weight excluding hydrogens is 304 g/mol. The van der Waals surface area contributed by atoms with Crippen molar-refractivity contribution in [1.82, 2.24) is 0 Å². The largest absolute Gasteiger partial charge is 0.508 e. The molecule has 0 aliphatic heterocycles. The molecule has 0 aliphatic carbocycles. The van der Waals surface area contributed by atoms with Crippen molar-refractivity contribution < 1.29 is 14.9 Å². The van der Waals surface area contributed by atoms with Gasteiger partial charge < -0.3 is 14.9 Å². The molecule has 2 N–H and O–H groups in total. The fourth-order valence-corrected chi connectivity index (χ4v) is 1.81. The van der Waals surface area contributed by atoms with Crippen molar-refractivity contribution in [2.24, 2.45) is 10.2 Å². The zero-order chi connectivity index (χ0) is 16.5. The normalized spacial score (nSPS) is 10.2. The minimum absolute atomic E-state index is 0.0653. The number of aliphatic hydroxyl groups is 1. The van der Waals surface area contributed by atoms with E-state index in [9.17, 15) is 10.2 Å². The van der Waals surface area contributed by atoms with E-state index in [1.165, 1.54) is 12.1 Å². The summed E-state index contributed by atoms with van der Waals surface area (Å²) in [6.07, 6.45) is 0. The average Bonchev–Trinajstić information content (AvgIpc) is 2.56. The highest BCUT2D eigenvalue weighted by Gasteiger charge is 2.04. The molecule has 118 valence electrons. The first-order valence-electron chi connectivity index (χ1n) is 6.82. The summed E-state index contributed by atoms with van der Waals surface area (Å²) < 4.78 is 5.04. The first kappa shape index (κ1) is 17.9. The lowest BCUT2D eigenvalue weighted by Gasteiger charge is -2.03. The fourth-order valence-electron chi connectivity index (χ4n) is 1.60. The van der Waals surface area contributed by atoms with Gasteiger partial charge in [0.15, 0.2) is 0 Å². The van der Waals surface area contributed by atoms with Crippen LogP contribution in [0.3, 0.4) is 0 Å². The van der Waals surface area contributed by atoms with Gasteiger partial charge in [0, 0.05) is 11.6 Å². The van der Waals surface area contributed by atoms with E-state index in [2.05, 4.69) is 10.2 Å². The quantitative estimate of drug-likeness (QED) is 0.779. The first-order chi connectivity index (χ1) is 10.6. The summed E-state index contributed by atoms with van der Waals surface area (Å²) >= 11 is 6.05. The Balaban J connectivity index is 0.00000116. The Hall–Kier alpha value is -2.11. The van der Waals surface area contributed by atoms with Gasteiger partial charge in [-0.1, -0.05) is 25.4 Å². The highest BCUT2D eigenvalue weighted by Crippen LogP contribution is 2.31. The summed E-state index contributed by atoms with van der Waals surface area (Å²) in [5.41, 5.74) is 1.44. The third kappa shape index (κ3) is 4.72. The number of ether oxygens (including phenoxy) is 1. The Morgan fingerprint density at radius 2 is 1.68 bits per heavy atom. The number of benzene rings is 2. The highest BCUT2D eigenvalue weighted by molar-refractivity contribution is 6.33.